The lowest BCUT2D eigenvalue weighted by atomic mass is 9.84. The number of nitrogens with one attached hydrogen (secondary N) is 2. The van der Waals surface area contributed by atoms with Gasteiger partial charge in [-0.05, 0) is 41.8 Å². The number of imide groups is 1. The molecule has 2 saturated heterocycles. The number of nitrogens with zero attached hydrogens (tertiary/aromatic N) is 1. The van der Waals surface area contributed by atoms with Crippen LogP contribution in [0.2, 0.25) is 0 Å². The first-order valence-corrected chi connectivity index (χ1v) is 12.0. The summed E-state index contributed by atoms with van der Waals surface area (Å²) >= 11 is 0. The van der Waals surface area contributed by atoms with Crippen LogP contribution in [0, 0.1) is 17.3 Å². The van der Waals surface area contributed by atoms with Crippen molar-refractivity contribution in [2.45, 2.75) is 38.3 Å². The molecule has 2 aromatic carbocycles. The highest BCUT2D eigenvalue weighted by atomic mass is 16.5. The van der Waals surface area contributed by atoms with Gasteiger partial charge in [-0.25, -0.2) is 0 Å². The van der Waals surface area contributed by atoms with E-state index < -0.39 is 22.8 Å². The Morgan fingerprint density at radius 1 is 1.03 bits per heavy atom. The van der Waals surface area contributed by atoms with E-state index >= 15 is 0 Å². The normalized spacial score (nSPS) is 24.5. The molecular formula is C28H25N3O6. The zero-order valence-corrected chi connectivity index (χ0v) is 20.5. The number of hydrogen-bond acceptors (Lipinski definition) is 6. The van der Waals surface area contributed by atoms with Crippen molar-refractivity contribution in [3.8, 4) is 17.6 Å². The van der Waals surface area contributed by atoms with Crippen molar-refractivity contribution in [1.29, 1.82) is 0 Å². The topological polar surface area (TPSA) is 122 Å². The van der Waals surface area contributed by atoms with E-state index in [1.54, 1.807) is 36.4 Å². The van der Waals surface area contributed by atoms with Gasteiger partial charge < -0.3 is 15.0 Å². The first-order chi connectivity index (χ1) is 17.7. The molecule has 4 amide bonds. The fourth-order valence-corrected chi connectivity index (χ4v) is 5.24. The van der Waals surface area contributed by atoms with Gasteiger partial charge in [-0.15, -0.1) is 0 Å². The van der Waals surface area contributed by atoms with Gasteiger partial charge in [-0.2, -0.15) is 0 Å². The van der Waals surface area contributed by atoms with Crippen LogP contribution in [-0.2, 0) is 31.3 Å². The van der Waals surface area contributed by atoms with E-state index in [-0.39, 0.29) is 37.0 Å². The van der Waals surface area contributed by atoms with Crippen LogP contribution >= 0.6 is 0 Å². The summed E-state index contributed by atoms with van der Waals surface area (Å²) in [6, 6.07) is 12.1. The van der Waals surface area contributed by atoms with E-state index in [0.29, 0.717) is 35.4 Å². The average molecular weight is 500 g/mol. The second kappa shape index (κ2) is 8.89. The molecule has 2 aromatic rings. The van der Waals surface area contributed by atoms with Gasteiger partial charge in [0.05, 0.1) is 20.0 Å². The first kappa shape index (κ1) is 24.3. The van der Waals surface area contributed by atoms with Crippen molar-refractivity contribution in [2.24, 2.45) is 5.41 Å². The number of rotatable bonds is 5. The van der Waals surface area contributed by atoms with Crippen LogP contribution in [0.5, 0.6) is 5.75 Å². The summed E-state index contributed by atoms with van der Waals surface area (Å²) in [5, 5.41) is 5.12. The molecule has 0 aliphatic carbocycles. The molecule has 188 valence electrons. The number of carbonyl (C=O) groups is 5. The molecule has 3 aliphatic rings. The third kappa shape index (κ3) is 4.04. The van der Waals surface area contributed by atoms with Gasteiger partial charge in [-0.3, -0.25) is 29.3 Å². The van der Waals surface area contributed by atoms with Crippen LogP contribution in [0.25, 0.3) is 0 Å². The standard InChI is InChI=1S/C28H25N3O6/c1-3-28(22(32)13-23(33)30-28)19-7-4-17(5-8-19)10-11-27(14-24(34)29-26(27)36)16-31-15-18-6-9-20(37-2)12-21(18)25(31)35/h4-9,12H,3,13-16H2,1-2H3,(H,30,33)(H,29,34,36)/t27-,28?/m1/s1. The Kier molecular flexibility index (Phi) is 5.83. The summed E-state index contributed by atoms with van der Waals surface area (Å²) in [4.78, 5) is 64.0. The first-order valence-electron chi connectivity index (χ1n) is 12.0. The molecule has 1 unspecified atom stereocenters. The summed E-state index contributed by atoms with van der Waals surface area (Å²) in [5.41, 5.74) is 0.108. The molecule has 0 saturated carbocycles. The molecule has 2 atom stereocenters. The lowest BCUT2D eigenvalue weighted by molar-refractivity contribution is -0.127. The fourth-order valence-electron chi connectivity index (χ4n) is 5.24. The minimum absolute atomic E-state index is 0.0367. The Hall–Kier alpha value is -4.45. The van der Waals surface area contributed by atoms with Crippen LogP contribution in [0.4, 0.5) is 0 Å². The maximum Gasteiger partial charge on any atom is 0.254 e. The average Bonchev–Trinajstić information content (AvgIpc) is 3.47. The number of ketones is 1. The lowest BCUT2D eigenvalue weighted by Gasteiger charge is -2.26. The lowest BCUT2D eigenvalue weighted by Crippen LogP contribution is -2.42. The number of methoxy groups -OCH3 is 1. The second-order valence-corrected chi connectivity index (χ2v) is 9.55. The Bertz CT molecular complexity index is 1420. The maximum atomic E-state index is 13.1. The number of carbonyl (C=O) groups excluding carboxylic acids is 5. The molecule has 2 N–H and O–H groups in total. The fraction of sp³-hybridized carbons (Fsp3) is 0.321. The third-order valence-electron chi connectivity index (χ3n) is 7.31. The Labute approximate surface area is 213 Å². The number of benzene rings is 2. The molecule has 0 spiro atoms. The largest absolute Gasteiger partial charge is 0.497 e. The van der Waals surface area contributed by atoms with Gasteiger partial charge in [0.25, 0.3) is 5.91 Å². The van der Waals surface area contributed by atoms with Crippen molar-refractivity contribution < 1.29 is 28.7 Å². The predicted molar refractivity (Wildman–Crippen MR) is 131 cm³/mol. The van der Waals surface area contributed by atoms with Gasteiger partial charge in [0.15, 0.2) is 5.78 Å². The molecule has 2 fully saturated rings. The van der Waals surface area contributed by atoms with Crippen LogP contribution in [0.15, 0.2) is 42.5 Å². The highest BCUT2D eigenvalue weighted by molar-refractivity contribution is 6.10. The highest BCUT2D eigenvalue weighted by Gasteiger charge is 2.49. The van der Waals surface area contributed by atoms with Crippen molar-refractivity contribution >= 4 is 29.4 Å². The van der Waals surface area contributed by atoms with Crippen molar-refractivity contribution in [2.75, 3.05) is 13.7 Å². The van der Waals surface area contributed by atoms with Crippen LogP contribution in [0.1, 0.15) is 53.2 Å². The molecular weight excluding hydrogens is 474 g/mol. The van der Waals surface area contributed by atoms with Crippen LogP contribution in [-0.4, -0.2) is 48.0 Å². The highest BCUT2D eigenvalue weighted by Crippen LogP contribution is 2.34. The zero-order chi connectivity index (χ0) is 26.4. The minimum atomic E-state index is -1.39. The van der Waals surface area contributed by atoms with Crippen molar-refractivity contribution in [3.05, 3.63) is 64.7 Å². The number of hydrogen-bond donors (Lipinski definition) is 2. The molecule has 3 aliphatic heterocycles. The van der Waals surface area contributed by atoms with E-state index in [1.165, 1.54) is 12.0 Å². The summed E-state index contributed by atoms with van der Waals surface area (Å²) in [7, 11) is 1.52. The smallest absolute Gasteiger partial charge is 0.254 e. The SMILES string of the molecule is CCC1(c2ccc(C#C[C@]3(CN4Cc5ccc(OC)cc5C4=O)CC(=O)NC3=O)cc2)NC(=O)CC1=O. The number of amides is 4. The molecule has 5 rings (SSSR count). The molecule has 9 heteroatoms. The van der Waals surface area contributed by atoms with Crippen molar-refractivity contribution in [1.82, 2.24) is 15.5 Å². The predicted octanol–water partition coefficient (Wildman–Crippen LogP) is 1.43. The molecule has 0 radical (unpaired) electrons. The Balaban J connectivity index is 1.41. The Morgan fingerprint density at radius 2 is 1.78 bits per heavy atom. The van der Waals surface area contributed by atoms with Crippen molar-refractivity contribution in [3.63, 3.8) is 0 Å². The van der Waals surface area contributed by atoms with Gasteiger partial charge in [-0.1, -0.05) is 37.0 Å². The molecule has 0 aromatic heterocycles. The molecule has 0 bridgehead atoms. The molecule has 9 nitrogen and oxygen atoms in total. The summed E-state index contributed by atoms with van der Waals surface area (Å²) < 4.78 is 5.22. The van der Waals surface area contributed by atoms with E-state index in [4.69, 9.17) is 4.74 Å². The van der Waals surface area contributed by atoms with Gasteiger partial charge in [0, 0.05) is 24.2 Å². The maximum absolute atomic E-state index is 13.1. The van der Waals surface area contributed by atoms with Crippen LogP contribution in [0.3, 0.4) is 0 Å². The van der Waals surface area contributed by atoms with E-state index in [9.17, 15) is 24.0 Å². The quantitative estimate of drug-likeness (QED) is 0.365. The molecule has 3 heterocycles. The third-order valence-corrected chi connectivity index (χ3v) is 7.31. The van der Waals surface area contributed by atoms with E-state index in [2.05, 4.69) is 22.5 Å². The number of ether oxygens (including phenoxy) is 1. The Morgan fingerprint density at radius 3 is 2.38 bits per heavy atom. The summed E-state index contributed by atoms with van der Waals surface area (Å²) in [6.45, 7) is 2.10. The van der Waals surface area contributed by atoms with Crippen LogP contribution < -0.4 is 15.4 Å². The summed E-state index contributed by atoms with van der Waals surface area (Å²) in [6.07, 6.45) is 0.124. The zero-order valence-electron chi connectivity index (χ0n) is 20.5. The number of fused-ring (bicyclic) bond motifs is 1. The van der Waals surface area contributed by atoms with Gasteiger partial charge >= 0.3 is 0 Å². The second-order valence-electron chi connectivity index (χ2n) is 9.55. The van der Waals surface area contributed by atoms with Gasteiger partial charge in [0.2, 0.25) is 17.7 Å². The number of Topliss-reactive ketones (excluding diaryl/α,β-unsaturated/α-hetero) is 1. The van der Waals surface area contributed by atoms with E-state index in [1.807, 2.05) is 13.0 Å². The monoisotopic (exact) mass is 499 g/mol. The molecule has 37 heavy (non-hydrogen) atoms. The summed E-state index contributed by atoms with van der Waals surface area (Å²) in [5.74, 6) is 4.82. The van der Waals surface area contributed by atoms with Gasteiger partial charge in [0.1, 0.15) is 16.7 Å². The van der Waals surface area contributed by atoms with E-state index in [0.717, 1.165) is 5.56 Å². The minimum Gasteiger partial charge on any atom is -0.497 e.